The van der Waals surface area contributed by atoms with Crippen molar-refractivity contribution in [1.82, 2.24) is 14.5 Å². The van der Waals surface area contributed by atoms with Gasteiger partial charge >= 0.3 is 0 Å². The van der Waals surface area contributed by atoms with Crippen LogP contribution in [0.3, 0.4) is 0 Å². The van der Waals surface area contributed by atoms with E-state index in [1.807, 2.05) is 24.5 Å². The Kier molecular flexibility index (Phi) is 5.84. The molecule has 48 heavy (non-hydrogen) atoms. The van der Waals surface area contributed by atoms with Gasteiger partial charge < -0.3 is 4.42 Å². The number of hydrogen-bond acceptors (Lipinski definition) is 3. The molecule has 0 aliphatic heterocycles. The average molecular weight is 614 g/mol. The molecule has 10 rings (SSSR count). The van der Waals surface area contributed by atoms with Gasteiger partial charge in [-0.3, -0.25) is 4.57 Å². The first-order chi connectivity index (χ1) is 23.8. The smallest absolute Gasteiger partial charge is 0.234 e. The second-order valence-corrected chi connectivity index (χ2v) is 12.3. The van der Waals surface area contributed by atoms with Crippen LogP contribution >= 0.6 is 0 Å². The lowest BCUT2D eigenvalue weighted by Gasteiger charge is -2.12. The fraction of sp³-hybridized carbons (Fsp3) is 0. The topological polar surface area (TPSA) is 43.9 Å². The fourth-order valence-electron chi connectivity index (χ4n) is 7.16. The summed E-state index contributed by atoms with van der Waals surface area (Å²) in [6.45, 7) is 0. The van der Waals surface area contributed by atoms with Crippen LogP contribution < -0.4 is 0 Å². The highest BCUT2D eigenvalue weighted by atomic mass is 16.3. The van der Waals surface area contributed by atoms with Gasteiger partial charge in [-0.05, 0) is 81.7 Å². The fourth-order valence-corrected chi connectivity index (χ4v) is 7.16. The molecule has 4 nitrogen and oxygen atoms in total. The SMILES string of the molecule is c1ccc(-c2cc(-c3ccccc3)cc(-c3cnc(-n4c5ccccc5c5cc6ccc7c8ccccc8oc7c6cc54)nc3)c2)cc1. The van der Waals surface area contributed by atoms with Crippen molar-refractivity contribution in [3.8, 4) is 39.3 Å². The van der Waals surface area contributed by atoms with Crippen molar-refractivity contribution < 1.29 is 4.42 Å². The first-order valence-corrected chi connectivity index (χ1v) is 16.1. The van der Waals surface area contributed by atoms with E-state index in [4.69, 9.17) is 14.4 Å². The quantitative estimate of drug-likeness (QED) is 0.198. The van der Waals surface area contributed by atoms with Gasteiger partial charge in [-0.15, -0.1) is 0 Å². The van der Waals surface area contributed by atoms with E-state index in [0.717, 1.165) is 76.8 Å². The van der Waals surface area contributed by atoms with E-state index in [2.05, 4.69) is 144 Å². The Bertz CT molecular complexity index is 2760. The summed E-state index contributed by atoms with van der Waals surface area (Å²) in [5, 5.41) is 6.77. The van der Waals surface area contributed by atoms with E-state index in [1.165, 1.54) is 11.1 Å². The molecular formula is C44H27N3O. The summed E-state index contributed by atoms with van der Waals surface area (Å²) < 4.78 is 8.61. The summed E-state index contributed by atoms with van der Waals surface area (Å²) in [5.41, 5.74) is 10.6. The van der Waals surface area contributed by atoms with Crippen LogP contribution in [0.15, 0.2) is 168 Å². The lowest BCUT2D eigenvalue weighted by Crippen LogP contribution is -2.01. The minimum Gasteiger partial charge on any atom is -0.455 e. The molecule has 0 bridgehead atoms. The number of aromatic nitrogens is 3. The molecule has 7 aromatic carbocycles. The van der Waals surface area contributed by atoms with Gasteiger partial charge in [0, 0.05) is 44.9 Å². The number of para-hydroxylation sites is 2. The molecular weight excluding hydrogens is 587 g/mol. The Balaban J connectivity index is 1.15. The summed E-state index contributed by atoms with van der Waals surface area (Å²) >= 11 is 0. The molecule has 3 aromatic heterocycles. The Morgan fingerprint density at radius 2 is 1.00 bits per heavy atom. The van der Waals surface area contributed by atoms with Gasteiger partial charge in [0.05, 0.1) is 11.0 Å². The van der Waals surface area contributed by atoms with Gasteiger partial charge in [0.2, 0.25) is 5.95 Å². The predicted molar refractivity (Wildman–Crippen MR) is 197 cm³/mol. The molecule has 0 N–H and O–H groups in total. The Hall–Kier alpha value is -6.52. The van der Waals surface area contributed by atoms with Crippen molar-refractivity contribution in [3.63, 3.8) is 0 Å². The normalized spacial score (nSPS) is 11.8. The van der Waals surface area contributed by atoms with Crippen molar-refractivity contribution in [3.05, 3.63) is 164 Å². The van der Waals surface area contributed by atoms with E-state index in [0.29, 0.717) is 5.95 Å². The van der Waals surface area contributed by atoms with Crippen LogP contribution in [-0.4, -0.2) is 14.5 Å². The maximum Gasteiger partial charge on any atom is 0.234 e. The van der Waals surface area contributed by atoms with Gasteiger partial charge in [-0.25, -0.2) is 9.97 Å². The molecule has 3 heterocycles. The molecule has 0 radical (unpaired) electrons. The minimum atomic E-state index is 0.628. The number of nitrogens with zero attached hydrogens (tertiary/aromatic N) is 3. The monoisotopic (exact) mass is 613 g/mol. The van der Waals surface area contributed by atoms with Crippen LogP contribution in [0.1, 0.15) is 0 Å². The molecule has 0 fully saturated rings. The van der Waals surface area contributed by atoms with Crippen LogP contribution in [-0.2, 0) is 0 Å². The molecule has 0 unspecified atom stereocenters. The molecule has 224 valence electrons. The predicted octanol–water partition coefficient (Wildman–Crippen LogP) is 11.6. The number of furan rings is 1. The van der Waals surface area contributed by atoms with Crippen LogP contribution in [0.5, 0.6) is 0 Å². The Morgan fingerprint density at radius 3 is 1.71 bits per heavy atom. The van der Waals surface area contributed by atoms with Gasteiger partial charge in [0.15, 0.2) is 0 Å². The highest BCUT2D eigenvalue weighted by molar-refractivity contribution is 6.20. The summed E-state index contributed by atoms with van der Waals surface area (Å²) in [4.78, 5) is 10.0. The third-order valence-electron chi connectivity index (χ3n) is 9.47. The van der Waals surface area contributed by atoms with Gasteiger partial charge in [-0.2, -0.15) is 0 Å². The lowest BCUT2D eigenvalue weighted by atomic mass is 9.94. The van der Waals surface area contributed by atoms with Crippen molar-refractivity contribution >= 4 is 54.5 Å². The van der Waals surface area contributed by atoms with Gasteiger partial charge in [-0.1, -0.05) is 103 Å². The number of fused-ring (bicyclic) bond motifs is 8. The summed E-state index contributed by atoms with van der Waals surface area (Å²) in [6.07, 6.45) is 3.89. The highest BCUT2D eigenvalue weighted by Gasteiger charge is 2.18. The van der Waals surface area contributed by atoms with Crippen LogP contribution in [0.4, 0.5) is 0 Å². The van der Waals surface area contributed by atoms with E-state index in [1.54, 1.807) is 0 Å². The zero-order chi connectivity index (χ0) is 31.6. The maximum absolute atomic E-state index is 6.44. The number of benzene rings is 7. The number of hydrogen-bond donors (Lipinski definition) is 0. The third kappa shape index (κ3) is 4.16. The van der Waals surface area contributed by atoms with Crippen LogP contribution in [0.2, 0.25) is 0 Å². The van der Waals surface area contributed by atoms with Gasteiger partial charge in [0.25, 0.3) is 0 Å². The highest BCUT2D eigenvalue weighted by Crippen LogP contribution is 2.39. The third-order valence-corrected chi connectivity index (χ3v) is 9.47. The molecule has 0 spiro atoms. The van der Waals surface area contributed by atoms with E-state index in [-0.39, 0.29) is 0 Å². The Labute approximate surface area is 276 Å². The van der Waals surface area contributed by atoms with Gasteiger partial charge in [0.1, 0.15) is 11.2 Å². The van der Waals surface area contributed by atoms with E-state index in [9.17, 15) is 0 Å². The molecule has 0 saturated carbocycles. The number of rotatable bonds is 4. The second kappa shape index (κ2) is 10.5. The first kappa shape index (κ1) is 26.7. The largest absolute Gasteiger partial charge is 0.455 e. The maximum atomic E-state index is 6.44. The molecule has 10 aromatic rings. The van der Waals surface area contributed by atoms with Crippen molar-refractivity contribution in [1.29, 1.82) is 0 Å². The zero-order valence-electron chi connectivity index (χ0n) is 25.8. The molecule has 0 aliphatic carbocycles. The second-order valence-electron chi connectivity index (χ2n) is 12.3. The van der Waals surface area contributed by atoms with Crippen molar-refractivity contribution in [2.75, 3.05) is 0 Å². The van der Waals surface area contributed by atoms with E-state index < -0.39 is 0 Å². The minimum absolute atomic E-state index is 0.628. The summed E-state index contributed by atoms with van der Waals surface area (Å²) in [6, 6.07) is 53.3. The zero-order valence-corrected chi connectivity index (χ0v) is 25.8. The standard InChI is InChI=1S/C44H27N3O/c1-3-11-28(12-4-1)31-21-32(29-13-5-2-6-14-29)23-33(22-31)34-26-45-44(46-27-34)47-40-17-9-7-15-35(40)39-24-30-19-20-37-36-16-8-10-18-42(36)48-43(37)38(30)25-41(39)47/h1-27H. The summed E-state index contributed by atoms with van der Waals surface area (Å²) in [5.74, 6) is 0.628. The molecule has 0 amide bonds. The van der Waals surface area contributed by atoms with Crippen LogP contribution in [0.25, 0.3) is 93.8 Å². The van der Waals surface area contributed by atoms with Crippen molar-refractivity contribution in [2.24, 2.45) is 0 Å². The Morgan fingerprint density at radius 1 is 0.396 bits per heavy atom. The molecule has 0 atom stereocenters. The summed E-state index contributed by atoms with van der Waals surface area (Å²) in [7, 11) is 0. The molecule has 0 saturated heterocycles. The first-order valence-electron chi connectivity index (χ1n) is 16.1. The average Bonchev–Trinajstić information content (AvgIpc) is 3.70. The van der Waals surface area contributed by atoms with Crippen molar-refractivity contribution in [2.45, 2.75) is 0 Å². The lowest BCUT2D eigenvalue weighted by molar-refractivity contribution is 0.672. The molecule has 0 aliphatic rings. The van der Waals surface area contributed by atoms with Crippen LogP contribution in [0, 0.1) is 0 Å². The van der Waals surface area contributed by atoms with E-state index >= 15 is 0 Å². The molecule has 4 heteroatoms.